The van der Waals surface area contributed by atoms with Crippen molar-refractivity contribution in [3.8, 4) is 0 Å². The molecular weight excluding hydrogens is 220 g/mol. The monoisotopic (exact) mass is 246 g/mol. The summed E-state index contributed by atoms with van der Waals surface area (Å²) in [4.78, 5) is 2.67. The van der Waals surface area contributed by atoms with Crippen LogP contribution in [0.15, 0.2) is 30.3 Å². The molecule has 0 bridgehead atoms. The second kappa shape index (κ2) is 6.91. The van der Waals surface area contributed by atoms with Gasteiger partial charge < -0.3 is 10.2 Å². The van der Waals surface area contributed by atoms with Crippen LogP contribution in [0.3, 0.4) is 0 Å². The van der Waals surface area contributed by atoms with Gasteiger partial charge in [0.15, 0.2) is 0 Å². The highest BCUT2D eigenvalue weighted by atomic mass is 15.2. The lowest BCUT2D eigenvalue weighted by Gasteiger charge is -2.37. The fourth-order valence-electron chi connectivity index (χ4n) is 3.04. The number of rotatable bonds is 5. The highest BCUT2D eigenvalue weighted by molar-refractivity contribution is 5.15. The maximum atomic E-state index is 3.32. The van der Waals surface area contributed by atoms with E-state index < -0.39 is 0 Å². The zero-order valence-electron chi connectivity index (χ0n) is 11.7. The zero-order valence-corrected chi connectivity index (χ0v) is 11.7. The normalized spacial score (nSPS) is 22.9. The van der Waals surface area contributed by atoms with Gasteiger partial charge in [-0.15, -0.1) is 0 Å². The third-order valence-corrected chi connectivity index (χ3v) is 4.04. The lowest BCUT2D eigenvalue weighted by atomic mass is 9.95. The molecule has 1 N–H and O–H groups in total. The van der Waals surface area contributed by atoms with E-state index in [0.717, 1.165) is 12.5 Å². The topological polar surface area (TPSA) is 15.3 Å². The van der Waals surface area contributed by atoms with E-state index in [-0.39, 0.29) is 0 Å². The fourth-order valence-corrected chi connectivity index (χ4v) is 3.04. The minimum atomic E-state index is 0.659. The predicted molar refractivity (Wildman–Crippen MR) is 77.8 cm³/mol. The lowest BCUT2D eigenvalue weighted by molar-refractivity contribution is 0.131. The summed E-state index contributed by atoms with van der Waals surface area (Å²) in [6, 6.07) is 11.5. The quantitative estimate of drug-likeness (QED) is 0.859. The van der Waals surface area contributed by atoms with Gasteiger partial charge in [0.2, 0.25) is 0 Å². The molecule has 0 saturated carbocycles. The number of likely N-dealkylation sites (tertiary alicyclic amines) is 1. The van der Waals surface area contributed by atoms with Crippen molar-refractivity contribution >= 4 is 0 Å². The second-order valence-corrected chi connectivity index (χ2v) is 5.60. The molecule has 0 aromatic heterocycles. The largest absolute Gasteiger partial charge is 0.319 e. The van der Waals surface area contributed by atoms with Crippen LogP contribution in [0.5, 0.6) is 0 Å². The van der Waals surface area contributed by atoms with Crippen LogP contribution in [-0.4, -0.2) is 37.6 Å². The first-order chi connectivity index (χ1) is 8.79. The lowest BCUT2D eigenvalue weighted by Crippen LogP contribution is -2.44. The average molecular weight is 246 g/mol. The summed E-state index contributed by atoms with van der Waals surface area (Å²) in [5, 5.41) is 3.32. The molecule has 0 radical (unpaired) electrons. The third-order valence-electron chi connectivity index (χ3n) is 4.04. The van der Waals surface area contributed by atoms with E-state index in [1.54, 1.807) is 0 Å². The molecule has 2 rings (SSSR count). The third kappa shape index (κ3) is 3.82. The molecule has 1 fully saturated rings. The molecule has 1 aliphatic rings. The van der Waals surface area contributed by atoms with Crippen LogP contribution >= 0.6 is 0 Å². The number of nitrogens with one attached hydrogen (secondary N) is 1. The van der Waals surface area contributed by atoms with Crippen molar-refractivity contribution in [1.29, 1.82) is 0 Å². The number of hydrogen-bond acceptors (Lipinski definition) is 2. The minimum Gasteiger partial charge on any atom is -0.319 e. The van der Waals surface area contributed by atoms with Crippen molar-refractivity contribution in [2.75, 3.05) is 26.7 Å². The molecule has 18 heavy (non-hydrogen) atoms. The molecule has 1 heterocycles. The van der Waals surface area contributed by atoms with E-state index in [9.17, 15) is 0 Å². The molecule has 2 unspecified atom stereocenters. The number of hydrogen-bond donors (Lipinski definition) is 1. The molecule has 1 aliphatic heterocycles. The molecule has 1 saturated heterocycles. The van der Waals surface area contributed by atoms with E-state index in [4.69, 9.17) is 0 Å². The van der Waals surface area contributed by atoms with E-state index in [1.165, 1.54) is 37.9 Å². The van der Waals surface area contributed by atoms with Crippen LogP contribution in [-0.2, 0) is 6.42 Å². The summed E-state index contributed by atoms with van der Waals surface area (Å²) in [7, 11) is 2.06. The number of benzene rings is 1. The fraction of sp³-hybridized carbons (Fsp3) is 0.625. The Labute approximate surface area is 111 Å². The molecule has 2 nitrogen and oxygen atoms in total. The molecule has 2 atom stereocenters. The van der Waals surface area contributed by atoms with Crippen LogP contribution in [0.1, 0.15) is 25.3 Å². The molecule has 100 valence electrons. The Morgan fingerprint density at radius 2 is 2.11 bits per heavy atom. The van der Waals surface area contributed by atoms with Crippen molar-refractivity contribution < 1.29 is 0 Å². The van der Waals surface area contributed by atoms with Crippen molar-refractivity contribution in [2.24, 2.45) is 5.92 Å². The van der Waals surface area contributed by atoms with Gasteiger partial charge in [-0.2, -0.15) is 0 Å². The molecule has 0 spiro atoms. The van der Waals surface area contributed by atoms with Gasteiger partial charge in [0.1, 0.15) is 0 Å². The summed E-state index contributed by atoms with van der Waals surface area (Å²) < 4.78 is 0. The van der Waals surface area contributed by atoms with E-state index in [2.05, 4.69) is 54.5 Å². The molecule has 2 heteroatoms. The minimum absolute atomic E-state index is 0.659. The second-order valence-electron chi connectivity index (χ2n) is 5.60. The Hall–Kier alpha value is -0.860. The van der Waals surface area contributed by atoms with Crippen molar-refractivity contribution in [2.45, 2.75) is 32.2 Å². The molecule has 1 aromatic rings. The average Bonchev–Trinajstić information content (AvgIpc) is 2.40. The van der Waals surface area contributed by atoms with Gasteiger partial charge in [-0.05, 0) is 57.8 Å². The van der Waals surface area contributed by atoms with Crippen LogP contribution < -0.4 is 5.32 Å². The molecular formula is C16H26N2. The zero-order chi connectivity index (χ0) is 12.8. The van der Waals surface area contributed by atoms with Gasteiger partial charge in [-0.25, -0.2) is 0 Å². The molecule has 0 aliphatic carbocycles. The molecule has 0 amide bonds. The van der Waals surface area contributed by atoms with Gasteiger partial charge in [-0.3, -0.25) is 0 Å². The van der Waals surface area contributed by atoms with Crippen LogP contribution in [0.4, 0.5) is 0 Å². The van der Waals surface area contributed by atoms with Gasteiger partial charge in [0, 0.05) is 12.6 Å². The maximum absolute atomic E-state index is 3.32. The van der Waals surface area contributed by atoms with Crippen molar-refractivity contribution in [3.05, 3.63) is 35.9 Å². The Morgan fingerprint density at radius 3 is 2.83 bits per heavy atom. The summed E-state index contributed by atoms with van der Waals surface area (Å²) in [6.07, 6.45) is 3.91. The maximum Gasteiger partial charge on any atom is 0.0107 e. The highest BCUT2D eigenvalue weighted by Gasteiger charge is 2.22. The summed E-state index contributed by atoms with van der Waals surface area (Å²) in [6.45, 7) is 6.06. The van der Waals surface area contributed by atoms with E-state index in [0.29, 0.717) is 6.04 Å². The number of nitrogens with zero attached hydrogens (tertiary/aromatic N) is 1. The highest BCUT2D eigenvalue weighted by Crippen LogP contribution is 2.19. The smallest absolute Gasteiger partial charge is 0.0107 e. The van der Waals surface area contributed by atoms with Gasteiger partial charge in [0.05, 0.1) is 0 Å². The Morgan fingerprint density at radius 1 is 1.33 bits per heavy atom. The van der Waals surface area contributed by atoms with Crippen LogP contribution in [0.25, 0.3) is 0 Å². The van der Waals surface area contributed by atoms with Crippen LogP contribution in [0.2, 0.25) is 0 Å². The summed E-state index contributed by atoms with van der Waals surface area (Å²) >= 11 is 0. The standard InChI is InChI=1S/C16H26N2/c1-14(11-15-7-4-3-5-8-15)18-10-6-9-16(13-18)12-17-2/h3-5,7-8,14,16-17H,6,9-13H2,1-2H3. The SMILES string of the molecule is CNCC1CCCN(C(C)Cc2ccccc2)C1. The predicted octanol–water partition coefficient (Wildman–Crippen LogP) is 2.55. The first-order valence-electron chi connectivity index (χ1n) is 7.22. The molecule has 1 aromatic carbocycles. The van der Waals surface area contributed by atoms with Crippen LogP contribution in [0, 0.1) is 5.92 Å². The summed E-state index contributed by atoms with van der Waals surface area (Å²) in [5.74, 6) is 0.835. The van der Waals surface area contributed by atoms with Crippen molar-refractivity contribution in [1.82, 2.24) is 10.2 Å². The van der Waals surface area contributed by atoms with Crippen molar-refractivity contribution in [3.63, 3.8) is 0 Å². The first-order valence-corrected chi connectivity index (χ1v) is 7.22. The first kappa shape index (κ1) is 13.6. The van der Waals surface area contributed by atoms with Gasteiger partial charge in [0.25, 0.3) is 0 Å². The Kier molecular flexibility index (Phi) is 5.21. The Balaban J connectivity index is 1.86. The van der Waals surface area contributed by atoms with Gasteiger partial charge in [-0.1, -0.05) is 30.3 Å². The van der Waals surface area contributed by atoms with Gasteiger partial charge >= 0.3 is 0 Å². The Bertz CT molecular complexity index is 334. The summed E-state index contributed by atoms with van der Waals surface area (Å²) in [5.41, 5.74) is 1.46. The van der Waals surface area contributed by atoms with E-state index in [1.807, 2.05) is 0 Å². The van der Waals surface area contributed by atoms with E-state index >= 15 is 0 Å². The number of piperidine rings is 1.